The first-order chi connectivity index (χ1) is 20.7. The molecule has 0 unspecified atom stereocenters. The van der Waals surface area contributed by atoms with Gasteiger partial charge in [0.05, 0.1) is 31.2 Å². The average molecular weight is 594 g/mol. The number of methoxy groups -OCH3 is 1. The number of imide groups is 1. The van der Waals surface area contributed by atoms with Crippen molar-refractivity contribution in [1.29, 1.82) is 0 Å². The Morgan fingerprint density at radius 3 is 2.49 bits per heavy atom. The van der Waals surface area contributed by atoms with Crippen molar-refractivity contribution in [2.45, 2.75) is 64.4 Å². The summed E-state index contributed by atoms with van der Waals surface area (Å²) in [5.74, 6) is -3.30. The summed E-state index contributed by atoms with van der Waals surface area (Å²) in [6.45, 7) is 2.09. The van der Waals surface area contributed by atoms with Crippen molar-refractivity contribution >= 4 is 34.6 Å². The van der Waals surface area contributed by atoms with Crippen molar-refractivity contribution in [2.75, 3.05) is 26.9 Å². The number of carbonyl (C=O) groups excluding carboxylic acids is 2. The zero-order valence-corrected chi connectivity index (χ0v) is 25.0. The molecular formula is C34H43NO8. The number of hydrogen-bond donors (Lipinski definition) is 4. The van der Waals surface area contributed by atoms with Gasteiger partial charge in [-0.05, 0) is 66.7 Å². The zero-order valence-electron chi connectivity index (χ0n) is 25.0. The van der Waals surface area contributed by atoms with E-state index in [4.69, 9.17) is 9.84 Å². The SMILES string of the molecule is CC/C(=C\c1ccc(O)c2ccccc12)CC[C@@H](O)C1=C(COC)C[C@H]2C(=O)N(CCCCCC(=O)O)C(=O)[C@H]2[C@H]1CO. The monoisotopic (exact) mass is 593 g/mol. The number of benzene rings is 2. The molecule has 0 spiro atoms. The lowest BCUT2D eigenvalue weighted by Crippen LogP contribution is -2.39. The highest BCUT2D eigenvalue weighted by Gasteiger charge is 2.54. The molecule has 2 amide bonds. The second kappa shape index (κ2) is 14.8. The van der Waals surface area contributed by atoms with Crippen LogP contribution in [-0.2, 0) is 19.1 Å². The molecule has 9 nitrogen and oxygen atoms in total. The summed E-state index contributed by atoms with van der Waals surface area (Å²) in [7, 11) is 1.54. The molecule has 0 radical (unpaired) electrons. The number of phenolic OH excluding ortho intramolecular Hbond substituents is 1. The molecule has 1 heterocycles. The number of carboxylic acids is 1. The maximum atomic E-state index is 13.5. The number of amides is 2. The van der Waals surface area contributed by atoms with Crippen molar-refractivity contribution in [2.24, 2.45) is 17.8 Å². The Kier molecular flexibility index (Phi) is 11.1. The molecule has 232 valence electrons. The molecule has 1 saturated heterocycles. The van der Waals surface area contributed by atoms with Gasteiger partial charge in [-0.25, -0.2) is 0 Å². The van der Waals surface area contributed by atoms with Crippen molar-refractivity contribution in [1.82, 2.24) is 4.90 Å². The van der Waals surface area contributed by atoms with Gasteiger partial charge in [0, 0.05) is 31.4 Å². The second-order valence-corrected chi connectivity index (χ2v) is 11.6. The summed E-state index contributed by atoms with van der Waals surface area (Å²) < 4.78 is 5.44. The first kappa shape index (κ1) is 32.4. The molecule has 2 aromatic carbocycles. The summed E-state index contributed by atoms with van der Waals surface area (Å²) in [5.41, 5.74) is 3.44. The molecule has 4 rings (SSSR count). The number of unbranched alkanes of at least 4 members (excludes halogenated alkanes) is 2. The predicted octanol–water partition coefficient (Wildman–Crippen LogP) is 4.68. The van der Waals surface area contributed by atoms with E-state index in [0.29, 0.717) is 37.7 Å². The molecule has 4 atom stereocenters. The molecule has 1 aliphatic heterocycles. The maximum absolute atomic E-state index is 13.5. The van der Waals surface area contributed by atoms with E-state index in [2.05, 4.69) is 13.0 Å². The van der Waals surface area contributed by atoms with Crippen LogP contribution in [0.1, 0.15) is 63.9 Å². The Bertz CT molecular complexity index is 1400. The van der Waals surface area contributed by atoms with Gasteiger partial charge in [-0.2, -0.15) is 0 Å². The number of rotatable bonds is 15. The van der Waals surface area contributed by atoms with E-state index in [-0.39, 0.29) is 50.2 Å². The van der Waals surface area contributed by atoms with Gasteiger partial charge in [-0.3, -0.25) is 19.3 Å². The van der Waals surface area contributed by atoms with E-state index in [1.54, 1.807) is 13.2 Å². The number of carbonyl (C=O) groups is 3. The van der Waals surface area contributed by atoms with Gasteiger partial charge in [0.15, 0.2) is 0 Å². The molecular weight excluding hydrogens is 550 g/mol. The molecule has 2 aromatic rings. The number of aliphatic hydroxyl groups excluding tert-OH is 2. The number of likely N-dealkylation sites (tertiary alicyclic amines) is 1. The fourth-order valence-corrected chi connectivity index (χ4v) is 6.76. The normalized spacial score (nSPS) is 21.5. The van der Waals surface area contributed by atoms with Crippen molar-refractivity contribution < 1.29 is 39.5 Å². The number of carboxylic acid groups (broad SMARTS) is 1. The third-order valence-electron chi connectivity index (χ3n) is 8.91. The van der Waals surface area contributed by atoms with Crippen LogP contribution in [0.3, 0.4) is 0 Å². The van der Waals surface area contributed by atoms with Gasteiger partial charge in [-0.1, -0.05) is 55.3 Å². The largest absolute Gasteiger partial charge is 0.507 e. The lowest BCUT2D eigenvalue weighted by atomic mass is 9.68. The van der Waals surface area contributed by atoms with Crippen LogP contribution in [0.15, 0.2) is 53.1 Å². The molecule has 9 heteroatoms. The molecule has 1 fully saturated rings. The number of aliphatic hydroxyl groups is 2. The Balaban J connectivity index is 1.52. The minimum atomic E-state index is -0.928. The number of phenols is 1. The fourth-order valence-electron chi connectivity index (χ4n) is 6.76. The molecule has 43 heavy (non-hydrogen) atoms. The van der Waals surface area contributed by atoms with E-state index >= 15 is 0 Å². The summed E-state index contributed by atoms with van der Waals surface area (Å²) >= 11 is 0. The van der Waals surface area contributed by atoms with Gasteiger partial charge < -0.3 is 25.2 Å². The standard InChI is InChI=1S/C34H43NO8/c1-3-21(17-22-13-15-28(37)25-10-7-6-9-24(22)25)12-14-29(38)31-23(20-43-2)18-26-32(27(31)19-36)34(42)35(33(26)41)16-8-4-5-11-30(39)40/h6-7,9-10,13,15,17,26-27,29,32,36-38H,3-5,8,11-12,14,16,18-20H2,1-2H3,(H,39,40)/b21-17+/t26-,27+,29-,32-/m1/s1. The molecule has 0 aromatic heterocycles. The van der Waals surface area contributed by atoms with Crippen LogP contribution in [0.2, 0.25) is 0 Å². The smallest absolute Gasteiger partial charge is 0.303 e. The van der Waals surface area contributed by atoms with Gasteiger partial charge in [-0.15, -0.1) is 0 Å². The zero-order chi connectivity index (χ0) is 31.1. The fraction of sp³-hybridized carbons (Fsp3) is 0.500. The molecule has 2 aliphatic rings. The molecule has 0 bridgehead atoms. The first-order valence-corrected chi connectivity index (χ1v) is 15.2. The highest BCUT2D eigenvalue weighted by atomic mass is 16.5. The van der Waals surface area contributed by atoms with Crippen LogP contribution in [0.4, 0.5) is 0 Å². The number of aliphatic carboxylic acids is 1. The lowest BCUT2D eigenvalue weighted by molar-refractivity contribution is -0.141. The summed E-state index contributed by atoms with van der Waals surface area (Å²) in [4.78, 5) is 38.9. The van der Waals surface area contributed by atoms with Crippen LogP contribution in [0.5, 0.6) is 5.75 Å². The number of hydrogen-bond acceptors (Lipinski definition) is 7. The van der Waals surface area contributed by atoms with Crippen LogP contribution in [0, 0.1) is 17.8 Å². The van der Waals surface area contributed by atoms with E-state index in [1.807, 2.05) is 30.3 Å². The number of ether oxygens (including phenoxy) is 1. The van der Waals surface area contributed by atoms with Crippen molar-refractivity contribution in [3.8, 4) is 5.75 Å². The minimum absolute atomic E-state index is 0.0474. The quantitative estimate of drug-likeness (QED) is 0.132. The molecule has 0 saturated carbocycles. The predicted molar refractivity (Wildman–Crippen MR) is 163 cm³/mol. The lowest BCUT2D eigenvalue weighted by Gasteiger charge is -2.36. The number of allylic oxidation sites excluding steroid dienone is 1. The van der Waals surface area contributed by atoms with Gasteiger partial charge in [0.2, 0.25) is 11.8 Å². The summed E-state index contributed by atoms with van der Waals surface area (Å²) in [6.07, 6.45) is 4.80. The van der Waals surface area contributed by atoms with Gasteiger partial charge in [0.1, 0.15) is 5.75 Å². The first-order valence-electron chi connectivity index (χ1n) is 15.2. The Labute approximate surface area is 252 Å². The van der Waals surface area contributed by atoms with Crippen molar-refractivity contribution in [3.63, 3.8) is 0 Å². The van der Waals surface area contributed by atoms with Crippen LogP contribution in [-0.4, -0.2) is 76.1 Å². The maximum Gasteiger partial charge on any atom is 0.303 e. The van der Waals surface area contributed by atoms with E-state index in [1.165, 1.54) is 4.90 Å². The summed E-state index contributed by atoms with van der Waals surface area (Å²) in [5, 5.41) is 42.9. The Morgan fingerprint density at radius 1 is 1.07 bits per heavy atom. The number of fused-ring (bicyclic) bond motifs is 2. The number of nitrogens with zero attached hydrogens (tertiary/aromatic N) is 1. The van der Waals surface area contributed by atoms with E-state index in [0.717, 1.165) is 33.9 Å². The van der Waals surface area contributed by atoms with Gasteiger partial charge in [0.25, 0.3) is 0 Å². The van der Waals surface area contributed by atoms with Crippen LogP contribution >= 0.6 is 0 Å². The third kappa shape index (κ3) is 7.17. The average Bonchev–Trinajstić information content (AvgIpc) is 3.23. The van der Waals surface area contributed by atoms with E-state index in [9.17, 15) is 29.7 Å². The van der Waals surface area contributed by atoms with Crippen molar-refractivity contribution in [3.05, 3.63) is 58.7 Å². The van der Waals surface area contributed by atoms with E-state index < -0.39 is 29.8 Å². The highest BCUT2D eigenvalue weighted by Crippen LogP contribution is 2.46. The Morgan fingerprint density at radius 2 is 1.81 bits per heavy atom. The second-order valence-electron chi connectivity index (χ2n) is 11.6. The number of aromatic hydroxyl groups is 1. The topological polar surface area (TPSA) is 145 Å². The molecule has 4 N–H and O–H groups in total. The Hall–Kier alpha value is -3.53. The van der Waals surface area contributed by atoms with Gasteiger partial charge >= 0.3 is 5.97 Å². The molecule has 1 aliphatic carbocycles. The third-order valence-corrected chi connectivity index (χ3v) is 8.91. The summed E-state index contributed by atoms with van der Waals surface area (Å²) in [6, 6.07) is 11.2. The van der Waals surface area contributed by atoms with Crippen LogP contribution < -0.4 is 0 Å². The minimum Gasteiger partial charge on any atom is -0.507 e. The van der Waals surface area contributed by atoms with Crippen LogP contribution in [0.25, 0.3) is 16.8 Å². The highest BCUT2D eigenvalue weighted by molar-refractivity contribution is 6.06.